The number of esters is 1. The van der Waals surface area contributed by atoms with Gasteiger partial charge in [0.15, 0.2) is 5.16 Å². The second-order valence-electron chi connectivity index (χ2n) is 8.14. The standard InChI is InChI=1S/C27H25N3O4S/c1-17(2)18-10-6-9-15-23(18)30-25(32)19-11-4-7-13-21(19)29-27(30)35-16-24(31)28-22-14-8-5-12-20(22)26(33)34-3/h4-15,17H,16H2,1-3H3,(H,28,31). The van der Waals surface area contributed by atoms with Gasteiger partial charge < -0.3 is 10.1 Å². The highest BCUT2D eigenvalue weighted by atomic mass is 32.2. The fourth-order valence-electron chi connectivity index (χ4n) is 3.80. The molecule has 0 aliphatic rings. The van der Waals surface area contributed by atoms with Crippen LogP contribution < -0.4 is 10.9 Å². The van der Waals surface area contributed by atoms with Gasteiger partial charge in [0.2, 0.25) is 5.91 Å². The normalized spacial score (nSPS) is 11.0. The average Bonchev–Trinajstić information content (AvgIpc) is 2.87. The van der Waals surface area contributed by atoms with Crippen molar-refractivity contribution in [3.8, 4) is 5.69 Å². The highest BCUT2D eigenvalue weighted by Crippen LogP contribution is 2.27. The van der Waals surface area contributed by atoms with Crippen LogP contribution in [0.5, 0.6) is 0 Å². The van der Waals surface area contributed by atoms with Gasteiger partial charge in [0.05, 0.1) is 40.7 Å². The third-order valence-corrected chi connectivity index (χ3v) is 6.42. The van der Waals surface area contributed by atoms with Crippen LogP contribution in [0.2, 0.25) is 0 Å². The predicted molar refractivity (Wildman–Crippen MR) is 139 cm³/mol. The van der Waals surface area contributed by atoms with E-state index in [1.807, 2.05) is 36.4 Å². The van der Waals surface area contributed by atoms with E-state index < -0.39 is 5.97 Å². The summed E-state index contributed by atoms with van der Waals surface area (Å²) in [6, 6.07) is 21.5. The predicted octanol–water partition coefficient (Wildman–Crippen LogP) is 5.03. The van der Waals surface area contributed by atoms with Crippen LogP contribution >= 0.6 is 11.8 Å². The van der Waals surface area contributed by atoms with Crippen LogP contribution in [-0.2, 0) is 9.53 Å². The van der Waals surface area contributed by atoms with Gasteiger partial charge in [-0.25, -0.2) is 9.78 Å². The number of ether oxygens (including phenoxy) is 1. The van der Waals surface area contributed by atoms with E-state index in [-0.39, 0.29) is 28.7 Å². The minimum Gasteiger partial charge on any atom is -0.465 e. The molecule has 0 aliphatic heterocycles. The molecule has 4 rings (SSSR count). The maximum atomic E-state index is 13.6. The Morgan fingerprint density at radius 1 is 1.00 bits per heavy atom. The zero-order chi connectivity index (χ0) is 24.9. The lowest BCUT2D eigenvalue weighted by atomic mass is 10.0. The summed E-state index contributed by atoms with van der Waals surface area (Å²) >= 11 is 1.16. The van der Waals surface area contributed by atoms with Crippen molar-refractivity contribution >= 4 is 40.2 Å². The van der Waals surface area contributed by atoms with Crippen LogP contribution in [0, 0.1) is 0 Å². The van der Waals surface area contributed by atoms with Crippen LogP contribution in [0.4, 0.5) is 5.69 Å². The number of carbonyl (C=O) groups is 2. The monoisotopic (exact) mass is 487 g/mol. The third-order valence-electron chi connectivity index (χ3n) is 5.48. The summed E-state index contributed by atoms with van der Waals surface area (Å²) in [5, 5.41) is 3.68. The summed E-state index contributed by atoms with van der Waals surface area (Å²) in [6.45, 7) is 4.13. The number of hydrogen-bond acceptors (Lipinski definition) is 6. The molecule has 0 spiro atoms. The number of anilines is 1. The van der Waals surface area contributed by atoms with Crippen molar-refractivity contribution in [3.05, 3.63) is 94.3 Å². The Morgan fingerprint density at radius 3 is 2.46 bits per heavy atom. The van der Waals surface area contributed by atoms with Gasteiger partial charge >= 0.3 is 5.97 Å². The van der Waals surface area contributed by atoms with E-state index in [1.165, 1.54) is 7.11 Å². The molecule has 3 aromatic carbocycles. The van der Waals surface area contributed by atoms with Gasteiger partial charge in [-0.3, -0.25) is 14.2 Å². The van der Waals surface area contributed by atoms with Crippen LogP contribution in [0.25, 0.3) is 16.6 Å². The smallest absolute Gasteiger partial charge is 0.339 e. The Kier molecular flexibility index (Phi) is 7.31. The second kappa shape index (κ2) is 10.6. The molecular formula is C27H25N3O4S. The van der Waals surface area contributed by atoms with Crippen LogP contribution in [0.3, 0.4) is 0 Å². The summed E-state index contributed by atoms with van der Waals surface area (Å²) in [4.78, 5) is 43.1. The molecule has 1 aromatic heterocycles. The van der Waals surface area contributed by atoms with Crippen LogP contribution in [-0.4, -0.2) is 34.3 Å². The van der Waals surface area contributed by atoms with Crippen molar-refractivity contribution in [2.75, 3.05) is 18.2 Å². The van der Waals surface area contributed by atoms with Crippen molar-refractivity contribution in [2.24, 2.45) is 0 Å². The van der Waals surface area contributed by atoms with Crippen LogP contribution in [0.1, 0.15) is 35.7 Å². The number of carbonyl (C=O) groups excluding carboxylic acids is 2. The average molecular weight is 488 g/mol. The van der Waals surface area contributed by atoms with Gasteiger partial charge in [-0.1, -0.05) is 68.1 Å². The number of thioether (sulfide) groups is 1. The first-order chi connectivity index (χ1) is 16.9. The fourth-order valence-corrected chi connectivity index (χ4v) is 4.60. The maximum Gasteiger partial charge on any atom is 0.339 e. The van der Waals surface area contributed by atoms with E-state index in [2.05, 4.69) is 19.2 Å². The minimum atomic E-state index is -0.538. The molecule has 1 heterocycles. The first-order valence-corrected chi connectivity index (χ1v) is 12.1. The molecule has 1 N–H and O–H groups in total. The number of methoxy groups -OCH3 is 1. The van der Waals surface area contributed by atoms with Crippen molar-refractivity contribution in [3.63, 3.8) is 0 Å². The highest BCUT2D eigenvalue weighted by Gasteiger charge is 2.19. The van der Waals surface area contributed by atoms with Gasteiger partial charge in [0, 0.05) is 0 Å². The van der Waals surface area contributed by atoms with E-state index in [4.69, 9.17) is 9.72 Å². The Morgan fingerprint density at radius 2 is 1.69 bits per heavy atom. The quantitative estimate of drug-likeness (QED) is 0.223. The molecular weight excluding hydrogens is 462 g/mol. The molecule has 0 saturated heterocycles. The Labute approximate surface area is 207 Å². The fraction of sp³-hybridized carbons (Fsp3) is 0.185. The molecule has 8 heteroatoms. The van der Waals surface area contributed by atoms with E-state index in [1.54, 1.807) is 41.0 Å². The summed E-state index contributed by atoms with van der Waals surface area (Å²) in [7, 11) is 1.29. The zero-order valence-electron chi connectivity index (χ0n) is 19.6. The van der Waals surface area contributed by atoms with E-state index in [0.29, 0.717) is 21.7 Å². The highest BCUT2D eigenvalue weighted by molar-refractivity contribution is 7.99. The second-order valence-corrected chi connectivity index (χ2v) is 9.08. The van der Waals surface area contributed by atoms with Crippen molar-refractivity contribution in [1.29, 1.82) is 0 Å². The molecule has 0 saturated carbocycles. The lowest BCUT2D eigenvalue weighted by molar-refractivity contribution is -0.113. The molecule has 7 nitrogen and oxygen atoms in total. The first-order valence-electron chi connectivity index (χ1n) is 11.1. The maximum absolute atomic E-state index is 13.6. The van der Waals surface area contributed by atoms with Gasteiger partial charge in [0.1, 0.15) is 0 Å². The Bertz CT molecular complexity index is 1460. The molecule has 178 valence electrons. The lowest BCUT2D eigenvalue weighted by Gasteiger charge is -2.18. The largest absolute Gasteiger partial charge is 0.465 e. The lowest BCUT2D eigenvalue weighted by Crippen LogP contribution is -2.24. The summed E-state index contributed by atoms with van der Waals surface area (Å²) in [5.74, 6) is -0.702. The molecule has 0 bridgehead atoms. The number of rotatable bonds is 7. The number of para-hydroxylation sites is 3. The molecule has 0 aliphatic carbocycles. The molecule has 0 fully saturated rings. The molecule has 0 unspecified atom stereocenters. The number of amides is 1. The number of benzene rings is 3. The minimum absolute atomic E-state index is 0.00979. The molecule has 0 atom stereocenters. The van der Waals surface area contributed by atoms with Crippen molar-refractivity contribution in [1.82, 2.24) is 9.55 Å². The van der Waals surface area contributed by atoms with E-state index in [9.17, 15) is 14.4 Å². The summed E-state index contributed by atoms with van der Waals surface area (Å²) in [5.41, 5.74) is 2.74. The summed E-state index contributed by atoms with van der Waals surface area (Å²) in [6.07, 6.45) is 0. The van der Waals surface area contributed by atoms with Gasteiger partial charge in [-0.05, 0) is 41.8 Å². The Balaban J connectivity index is 1.70. The SMILES string of the molecule is COC(=O)c1ccccc1NC(=O)CSc1nc2ccccc2c(=O)n1-c1ccccc1C(C)C. The van der Waals surface area contributed by atoms with E-state index in [0.717, 1.165) is 23.0 Å². The van der Waals surface area contributed by atoms with Crippen molar-refractivity contribution < 1.29 is 14.3 Å². The number of nitrogens with zero attached hydrogens (tertiary/aromatic N) is 2. The summed E-state index contributed by atoms with van der Waals surface area (Å²) < 4.78 is 6.37. The third kappa shape index (κ3) is 5.12. The van der Waals surface area contributed by atoms with Gasteiger partial charge in [-0.2, -0.15) is 0 Å². The van der Waals surface area contributed by atoms with Crippen LogP contribution in [0.15, 0.2) is 82.7 Å². The topological polar surface area (TPSA) is 90.3 Å². The molecule has 4 aromatic rings. The number of hydrogen-bond donors (Lipinski definition) is 1. The zero-order valence-corrected chi connectivity index (χ0v) is 20.5. The Hall–Kier alpha value is -3.91. The molecule has 1 amide bonds. The molecule has 0 radical (unpaired) electrons. The number of fused-ring (bicyclic) bond motifs is 1. The van der Waals surface area contributed by atoms with Gasteiger partial charge in [-0.15, -0.1) is 0 Å². The number of nitrogens with one attached hydrogen (secondary N) is 1. The van der Waals surface area contributed by atoms with Gasteiger partial charge in [0.25, 0.3) is 5.56 Å². The number of aromatic nitrogens is 2. The molecule has 35 heavy (non-hydrogen) atoms. The first kappa shape index (κ1) is 24.2. The van der Waals surface area contributed by atoms with E-state index >= 15 is 0 Å². The van der Waals surface area contributed by atoms with Crippen molar-refractivity contribution in [2.45, 2.75) is 24.9 Å².